The SMILES string of the molecule is Cn1c2cccnc2c2sc3[n+](c21)Cc1cccnc1-3.[2H]C([2H])([2H])n1c2cccnc2c2sc3[n+](c21)Cc1cccnc1-3.c1ccc(-n2c3cccnc3c3sc4[n+](c32)Cc2cccnc2-4)cc1.c1cnc2c(c1)C[n+]1c-2sc2c3ncccc3oc21.c1cnc2c(c1)C[n+]1c-2sc2c3ncccc3sc21. The number of thiazole rings is 5. The molecular formula is C78H51N18OS6+5. The number of fused-ring (bicyclic) bond motifs is 35. The van der Waals surface area contributed by atoms with Crippen molar-refractivity contribution in [2.24, 2.45) is 14.0 Å². The van der Waals surface area contributed by atoms with Gasteiger partial charge in [-0.25, -0.2) is 32.8 Å². The Morgan fingerprint density at radius 1 is 0.340 bits per heavy atom. The maximum atomic E-state index is 7.96. The molecule has 25 heterocycles. The molecule has 5 aliphatic rings. The van der Waals surface area contributed by atoms with Gasteiger partial charge in [-0.15, -0.1) is 4.57 Å². The average Bonchev–Trinajstić information content (AvgIpc) is 1.57. The molecular weight excluding hydrogens is 1400 g/mol. The number of aryl methyl sites for hydroxylation is 2. The van der Waals surface area contributed by atoms with E-state index < -0.39 is 6.98 Å². The number of para-hydroxylation sites is 1. The van der Waals surface area contributed by atoms with Gasteiger partial charge in [-0.3, -0.25) is 39.9 Å². The van der Waals surface area contributed by atoms with E-state index in [1.54, 1.807) is 70.0 Å². The minimum atomic E-state index is -2.26. The first-order chi connectivity index (χ1) is 52.1. The third-order valence-electron chi connectivity index (χ3n) is 19.6. The van der Waals surface area contributed by atoms with Crippen molar-refractivity contribution >= 4 is 173 Å². The predicted octanol–water partition coefficient (Wildman–Crippen LogP) is 14.9. The van der Waals surface area contributed by atoms with E-state index in [0.717, 1.165) is 130 Å². The fourth-order valence-corrected chi connectivity index (χ4v) is 22.8. The third kappa shape index (κ3) is 8.83. The molecule has 0 saturated carbocycles. The Kier molecular flexibility index (Phi) is 12.4. The molecule has 0 N–H and O–H groups in total. The molecule has 0 amide bonds. The number of nitrogens with zero attached hydrogens (tertiary/aromatic N) is 18. The van der Waals surface area contributed by atoms with E-state index in [1.807, 2.05) is 143 Å². The van der Waals surface area contributed by atoms with E-state index in [9.17, 15) is 0 Å². The lowest BCUT2D eigenvalue weighted by Crippen LogP contribution is -2.32. The van der Waals surface area contributed by atoms with E-state index >= 15 is 0 Å². The zero-order chi connectivity index (χ0) is 70.2. The molecule has 0 fully saturated rings. The normalized spacial score (nSPS) is 13.5. The molecule has 5 aliphatic heterocycles. The van der Waals surface area contributed by atoms with Crippen LogP contribution in [0.4, 0.5) is 0 Å². The molecule has 19 nitrogen and oxygen atoms in total. The predicted molar refractivity (Wildman–Crippen MR) is 406 cm³/mol. The number of pyridine rings is 10. The van der Waals surface area contributed by atoms with Crippen LogP contribution in [0.2, 0.25) is 0 Å². The number of benzene rings is 1. The Bertz CT molecular complexity index is 7100. The van der Waals surface area contributed by atoms with Gasteiger partial charge in [0.15, 0.2) is 65.4 Å². The fraction of sp³-hybridized carbons (Fsp3) is 0.0897. The van der Waals surface area contributed by atoms with E-state index in [2.05, 4.69) is 157 Å². The number of furan rings is 1. The summed E-state index contributed by atoms with van der Waals surface area (Å²) in [6.45, 7) is 1.92. The van der Waals surface area contributed by atoms with Crippen LogP contribution in [0.1, 0.15) is 31.9 Å². The molecule has 0 radical (unpaired) electrons. The van der Waals surface area contributed by atoms with Crippen molar-refractivity contribution in [2.45, 2.75) is 32.7 Å². The lowest BCUT2D eigenvalue weighted by molar-refractivity contribution is -0.648. The summed E-state index contributed by atoms with van der Waals surface area (Å²) < 4.78 is 54.3. The van der Waals surface area contributed by atoms with Gasteiger partial charge in [0.1, 0.15) is 74.7 Å². The first-order valence-electron chi connectivity index (χ1n) is 34.7. The van der Waals surface area contributed by atoms with E-state index in [1.165, 1.54) is 82.3 Å². The standard InChI is InChI=1S/C20H13N4S.2C15H11N4S.C14H8N3OS.C14H8N3S2/c1-2-7-14(8-3-1)24-15-9-5-11-22-17(15)18-19(24)23-12-13-6-4-10-21-16(13)20(23)25-18;2*1-18-10-5-3-7-17-12(10)13-14(18)19-8-9-4-2-6-16-11(9)15(19)20-13;1-3-8-7-17-13-12(19-14(17)10(8)15-5-1)11-9(18-13)4-2-6-16-11;1-3-8-7-17-13(10(8)15-5-1)19-12-11-9(18-14(12)17)4-2-6-16-11/h1-11H,12H2;2*2-7H,8H2,1H3;2*1-6H,7H2/q5*+1/i;1D3;;;. The van der Waals surface area contributed by atoms with E-state index in [4.69, 9.17) is 8.53 Å². The molecule has 103 heavy (non-hydrogen) atoms. The lowest BCUT2D eigenvalue weighted by atomic mass is 10.2. The number of thiophene rings is 1. The van der Waals surface area contributed by atoms with Crippen molar-refractivity contribution in [3.63, 3.8) is 0 Å². The van der Waals surface area contributed by atoms with Gasteiger partial charge in [0.25, 0.3) is 14.8 Å². The van der Waals surface area contributed by atoms with Gasteiger partial charge in [-0.05, 0) is 115 Å². The zero-order valence-corrected chi connectivity index (χ0v) is 59.0. The molecule has 1 aromatic carbocycles. The van der Waals surface area contributed by atoms with Gasteiger partial charge in [-0.1, -0.05) is 104 Å². The molecule has 0 unspecified atom stereocenters. The summed E-state index contributed by atoms with van der Waals surface area (Å²) in [6, 6.07) is 51.0. The van der Waals surface area contributed by atoms with Crippen molar-refractivity contribution in [3.8, 4) is 59.2 Å². The Hall–Kier alpha value is -11.7. The van der Waals surface area contributed by atoms with Crippen molar-refractivity contribution in [1.29, 1.82) is 0 Å². The molecule has 490 valence electrons. The highest BCUT2D eigenvalue weighted by Gasteiger charge is 2.40. The zero-order valence-electron chi connectivity index (χ0n) is 57.2. The maximum absolute atomic E-state index is 7.96. The maximum Gasteiger partial charge on any atom is 0.395 e. The second kappa shape index (κ2) is 22.9. The van der Waals surface area contributed by atoms with Gasteiger partial charge in [0, 0.05) is 78.7 Å². The Balaban J connectivity index is 0.0000000830. The second-order valence-electron chi connectivity index (χ2n) is 25.3. The summed E-state index contributed by atoms with van der Waals surface area (Å²) in [6.07, 6.45) is 18.3. The van der Waals surface area contributed by atoms with Gasteiger partial charge >= 0.3 is 22.7 Å². The molecule has 0 bridgehead atoms. The largest absolute Gasteiger partial charge is 0.402 e. The Labute approximate surface area is 611 Å². The van der Waals surface area contributed by atoms with Crippen molar-refractivity contribution in [3.05, 3.63) is 241 Å². The summed E-state index contributed by atoms with van der Waals surface area (Å²) >= 11 is 10.5. The highest BCUT2D eigenvalue weighted by Crippen LogP contribution is 2.45. The van der Waals surface area contributed by atoms with Crippen LogP contribution >= 0.6 is 68.0 Å². The van der Waals surface area contributed by atoms with E-state index in [0.29, 0.717) is 17.7 Å². The summed E-state index contributed by atoms with van der Waals surface area (Å²) in [7, 11) is 2.11. The number of hydrogen-bond donors (Lipinski definition) is 0. The molecule has 0 atom stereocenters. The van der Waals surface area contributed by atoms with Crippen LogP contribution in [0.3, 0.4) is 0 Å². The van der Waals surface area contributed by atoms with Crippen LogP contribution in [-0.2, 0) is 46.7 Å². The van der Waals surface area contributed by atoms with Crippen LogP contribution in [0.25, 0.3) is 165 Å². The average molecular weight is 1450 g/mol. The van der Waals surface area contributed by atoms with E-state index in [-0.39, 0.29) is 0 Å². The topological polar surface area (TPSA) is 176 Å². The summed E-state index contributed by atoms with van der Waals surface area (Å²) in [5.74, 6) is 0. The summed E-state index contributed by atoms with van der Waals surface area (Å²) in [5.41, 5.74) is 25.7. The molecule has 20 aromatic heterocycles. The van der Waals surface area contributed by atoms with Crippen molar-refractivity contribution < 1.29 is 31.4 Å². The van der Waals surface area contributed by atoms with Crippen LogP contribution in [-0.4, -0.2) is 63.5 Å². The monoisotopic (exact) mass is 1450 g/mol. The molecule has 0 saturated heterocycles. The quantitative estimate of drug-likeness (QED) is 0.143. The third-order valence-corrected chi connectivity index (χ3v) is 26.8. The lowest BCUT2D eigenvalue weighted by Gasteiger charge is -2.00. The van der Waals surface area contributed by atoms with Crippen LogP contribution < -0.4 is 22.8 Å². The molecule has 25 heteroatoms. The minimum Gasteiger partial charge on any atom is -0.402 e. The Morgan fingerprint density at radius 3 is 1.28 bits per heavy atom. The first-order valence-corrected chi connectivity index (χ1v) is 38.1. The molecule has 21 aromatic rings. The molecule has 26 rings (SSSR count). The van der Waals surface area contributed by atoms with Gasteiger partial charge in [0.2, 0.25) is 15.0 Å². The molecule has 0 aliphatic carbocycles. The van der Waals surface area contributed by atoms with Crippen molar-refractivity contribution in [1.82, 2.24) is 63.5 Å². The smallest absolute Gasteiger partial charge is 0.395 e. The van der Waals surface area contributed by atoms with Crippen LogP contribution in [0, 0.1) is 0 Å². The van der Waals surface area contributed by atoms with Gasteiger partial charge in [0.05, 0.1) is 34.0 Å². The van der Waals surface area contributed by atoms with Crippen LogP contribution in [0.15, 0.2) is 218 Å². The molecule has 0 spiro atoms. The van der Waals surface area contributed by atoms with Crippen LogP contribution in [0.5, 0.6) is 0 Å². The number of aromatic nitrogens is 18. The highest BCUT2D eigenvalue weighted by atomic mass is 32.1. The van der Waals surface area contributed by atoms with Gasteiger partial charge in [-0.2, -0.15) is 9.13 Å². The Morgan fingerprint density at radius 2 is 0.728 bits per heavy atom. The van der Waals surface area contributed by atoms with Gasteiger partial charge < -0.3 is 4.42 Å². The van der Waals surface area contributed by atoms with Crippen molar-refractivity contribution in [2.75, 3.05) is 0 Å². The minimum absolute atomic E-state index is 0.644. The fourth-order valence-electron chi connectivity index (χ4n) is 15.1. The summed E-state index contributed by atoms with van der Waals surface area (Å²) in [4.78, 5) is 46.6. The summed E-state index contributed by atoms with van der Waals surface area (Å²) in [5, 5.41) is 5.89. The number of hydrogen-bond acceptors (Lipinski definition) is 17. The number of rotatable bonds is 1. The first kappa shape index (κ1) is 56.0. The highest BCUT2D eigenvalue weighted by molar-refractivity contribution is 7.32. The second-order valence-corrected chi connectivity index (χ2v) is 31.4.